The molecule has 0 radical (unpaired) electrons. The number of amides is 1. The van der Waals surface area contributed by atoms with Gasteiger partial charge in [-0.1, -0.05) is 39.0 Å². The molecule has 168 valence electrons. The van der Waals surface area contributed by atoms with Crippen molar-refractivity contribution in [3.05, 3.63) is 59.7 Å². The van der Waals surface area contributed by atoms with Gasteiger partial charge in [-0.3, -0.25) is 4.79 Å². The average molecular weight is 447 g/mol. The van der Waals surface area contributed by atoms with E-state index in [1.807, 2.05) is 12.1 Å². The zero-order valence-electron chi connectivity index (χ0n) is 18.8. The van der Waals surface area contributed by atoms with Crippen LogP contribution >= 0.6 is 0 Å². The number of anilines is 1. The van der Waals surface area contributed by atoms with E-state index in [0.29, 0.717) is 5.69 Å². The van der Waals surface area contributed by atoms with Crippen molar-refractivity contribution in [2.45, 2.75) is 51.0 Å². The van der Waals surface area contributed by atoms with E-state index in [2.05, 4.69) is 26.1 Å². The number of nitrogens with one attached hydrogen (secondary N) is 1. The number of benzene rings is 2. The molecular weight excluding hydrogens is 416 g/mol. The topological polar surface area (TPSA) is 92.8 Å². The van der Waals surface area contributed by atoms with Crippen LogP contribution in [0.3, 0.4) is 0 Å². The predicted molar refractivity (Wildman–Crippen MR) is 121 cm³/mol. The molecular formula is C23H30N2O5S. The fourth-order valence-corrected chi connectivity index (χ4v) is 4.11. The van der Waals surface area contributed by atoms with E-state index in [-0.39, 0.29) is 21.9 Å². The Kier molecular flexibility index (Phi) is 7.62. The van der Waals surface area contributed by atoms with Crippen molar-refractivity contribution >= 4 is 27.6 Å². The summed E-state index contributed by atoms with van der Waals surface area (Å²) in [4.78, 5) is 24.4. The van der Waals surface area contributed by atoms with Gasteiger partial charge in [0.1, 0.15) is 0 Å². The lowest BCUT2D eigenvalue weighted by molar-refractivity contribution is -0.119. The SMILES string of the molecule is CC(C)N(C)S(=O)(=O)c1cccc(C(=O)OCC(=O)Nc2ccc(C(C)(C)C)cc2)c1. The molecule has 0 aromatic heterocycles. The zero-order chi connectivity index (χ0) is 23.4. The van der Waals surface area contributed by atoms with Gasteiger partial charge in [-0.05, 0) is 55.2 Å². The van der Waals surface area contributed by atoms with Crippen molar-refractivity contribution in [1.82, 2.24) is 4.31 Å². The molecule has 0 unspecified atom stereocenters. The van der Waals surface area contributed by atoms with Crippen LogP contribution in [0, 0.1) is 0 Å². The van der Waals surface area contributed by atoms with Crippen molar-refractivity contribution in [1.29, 1.82) is 0 Å². The van der Waals surface area contributed by atoms with E-state index < -0.39 is 28.5 Å². The number of carbonyl (C=O) groups is 2. The molecule has 31 heavy (non-hydrogen) atoms. The second kappa shape index (κ2) is 9.62. The first-order valence-corrected chi connectivity index (χ1v) is 11.4. The molecule has 2 rings (SSSR count). The summed E-state index contributed by atoms with van der Waals surface area (Å²) in [6.07, 6.45) is 0. The van der Waals surface area contributed by atoms with Gasteiger partial charge >= 0.3 is 5.97 Å². The maximum atomic E-state index is 12.6. The number of esters is 1. The molecule has 2 aromatic carbocycles. The second-order valence-corrected chi connectivity index (χ2v) is 10.6. The van der Waals surface area contributed by atoms with Crippen LogP contribution in [-0.2, 0) is 25.0 Å². The number of sulfonamides is 1. The molecule has 0 saturated heterocycles. The van der Waals surface area contributed by atoms with Crippen molar-refractivity contribution in [2.24, 2.45) is 0 Å². The van der Waals surface area contributed by atoms with Crippen LogP contribution in [-0.4, -0.2) is 44.3 Å². The third kappa shape index (κ3) is 6.38. The highest BCUT2D eigenvalue weighted by Crippen LogP contribution is 2.23. The Morgan fingerprint density at radius 1 is 1.06 bits per heavy atom. The van der Waals surface area contributed by atoms with Gasteiger partial charge in [0, 0.05) is 18.8 Å². The normalized spacial score (nSPS) is 12.1. The molecule has 0 bridgehead atoms. The van der Waals surface area contributed by atoms with Crippen molar-refractivity contribution in [3.63, 3.8) is 0 Å². The average Bonchev–Trinajstić information content (AvgIpc) is 2.71. The van der Waals surface area contributed by atoms with Gasteiger partial charge in [0.2, 0.25) is 10.0 Å². The second-order valence-electron chi connectivity index (χ2n) is 8.59. The maximum Gasteiger partial charge on any atom is 0.338 e. The molecule has 1 amide bonds. The number of rotatable bonds is 7. The fraction of sp³-hybridized carbons (Fsp3) is 0.391. The summed E-state index contributed by atoms with van der Waals surface area (Å²) in [5.41, 5.74) is 1.79. The van der Waals surface area contributed by atoms with Crippen LogP contribution < -0.4 is 5.32 Å². The van der Waals surface area contributed by atoms with Gasteiger partial charge in [0.25, 0.3) is 5.91 Å². The van der Waals surface area contributed by atoms with Crippen molar-refractivity contribution < 1.29 is 22.7 Å². The zero-order valence-corrected chi connectivity index (χ0v) is 19.6. The Labute approximate surface area is 184 Å². The van der Waals surface area contributed by atoms with Gasteiger partial charge < -0.3 is 10.1 Å². The van der Waals surface area contributed by atoms with E-state index in [1.54, 1.807) is 26.0 Å². The van der Waals surface area contributed by atoms with Gasteiger partial charge in [0.05, 0.1) is 10.5 Å². The van der Waals surface area contributed by atoms with E-state index in [4.69, 9.17) is 4.74 Å². The van der Waals surface area contributed by atoms with Gasteiger partial charge in [-0.15, -0.1) is 0 Å². The molecule has 0 heterocycles. The number of nitrogens with zero attached hydrogens (tertiary/aromatic N) is 1. The number of hydrogen-bond donors (Lipinski definition) is 1. The molecule has 0 aliphatic rings. The molecule has 0 atom stereocenters. The molecule has 0 aliphatic heterocycles. The van der Waals surface area contributed by atoms with Crippen LogP contribution in [0.5, 0.6) is 0 Å². The summed E-state index contributed by atoms with van der Waals surface area (Å²) in [7, 11) is -2.26. The highest BCUT2D eigenvalue weighted by Gasteiger charge is 2.24. The first-order valence-electron chi connectivity index (χ1n) is 9.98. The summed E-state index contributed by atoms with van der Waals surface area (Å²) < 4.78 is 31.5. The Balaban J connectivity index is 2.00. The van der Waals surface area contributed by atoms with Gasteiger partial charge in [-0.2, -0.15) is 4.31 Å². The quantitative estimate of drug-likeness (QED) is 0.653. The maximum absolute atomic E-state index is 12.6. The molecule has 1 N–H and O–H groups in total. The largest absolute Gasteiger partial charge is 0.452 e. The van der Waals surface area contributed by atoms with Crippen LogP contribution in [0.15, 0.2) is 53.4 Å². The fourth-order valence-electron chi connectivity index (χ4n) is 2.69. The van der Waals surface area contributed by atoms with Crippen LogP contribution in [0.1, 0.15) is 50.5 Å². The van der Waals surface area contributed by atoms with Crippen LogP contribution in [0.25, 0.3) is 0 Å². The highest BCUT2D eigenvalue weighted by atomic mass is 32.2. The minimum absolute atomic E-state index is 0.00403. The molecule has 0 spiro atoms. The first-order chi connectivity index (χ1) is 14.3. The number of carbonyl (C=O) groups excluding carboxylic acids is 2. The molecule has 0 fully saturated rings. The minimum Gasteiger partial charge on any atom is -0.452 e. The molecule has 8 heteroatoms. The number of hydrogen-bond acceptors (Lipinski definition) is 5. The van der Waals surface area contributed by atoms with E-state index >= 15 is 0 Å². The Morgan fingerprint density at radius 2 is 1.68 bits per heavy atom. The van der Waals surface area contributed by atoms with Crippen molar-refractivity contribution in [2.75, 3.05) is 19.0 Å². The Morgan fingerprint density at radius 3 is 2.23 bits per heavy atom. The molecule has 7 nitrogen and oxygen atoms in total. The standard InChI is InChI=1S/C23H30N2O5S/c1-16(2)25(6)31(28,29)20-9-7-8-17(14-20)22(27)30-15-21(26)24-19-12-10-18(11-13-19)23(3,4)5/h7-14,16H,15H2,1-6H3,(H,24,26). The number of ether oxygens (including phenoxy) is 1. The summed E-state index contributed by atoms with van der Waals surface area (Å²) >= 11 is 0. The molecule has 0 saturated carbocycles. The van der Waals surface area contributed by atoms with E-state index in [9.17, 15) is 18.0 Å². The summed E-state index contributed by atoms with van der Waals surface area (Å²) in [5.74, 6) is -1.26. The first kappa shape index (κ1) is 24.6. The smallest absolute Gasteiger partial charge is 0.338 e. The molecule has 2 aromatic rings. The van der Waals surface area contributed by atoms with Gasteiger partial charge in [-0.25, -0.2) is 13.2 Å². The van der Waals surface area contributed by atoms with Gasteiger partial charge in [0.15, 0.2) is 6.61 Å². The predicted octanol–water partition coefficient (Wildman–Crippen LogP) is 3.81. The Hall–Kier alpha value is -2.71. The monoisotopic (exact) mass is 446 g/mol. The third-order valence-electron chi connectivity index (χ3n) is 4.84. The molecule has 0 aliphatic carbocycles. The lowest BCUT2D eigenvalue weighted by atomic mass is 9.87. The van der Waals surface area contributed by atoms with E-state index in [0.717, 1.165) is 5.56 Å². The minimum atomic E-state index is -3.73. The third-order valence-corrected chi connectivity index (χ3v) is 6.87. The van der Waals surface area contributed by atoms with Crippen LogP contribution in [0.4, 0.5) is 5.69 Å². The summed E-state index contributed by atoms with van der Waals surface area (Å²) in [6, 6.07) is 12.8. The lowest BCUT2D eigenvalue weighted by Crippen LogP contribution is -2.33. The Bertz CT molecular complexity index is 1040. The van der Waals surface area contributed by atoms with E-state index in [1.165, 1.54) is 35.6 Å². The summed E-state index contributed by atoms with van der Waals surface area (Å²) in [5, 5.41) is 2.67. The van der Waals surface area contributed by atoms with Crippen molar-refractivity contribution in [3.8, 4) is 0 Å². The lowest BCUT2D eigenvalue weighted by Gasteiger charge is -2.21. The highest BCUT2D eigenvalue weighted by molar-refractivity contribution is 7.89. The van der Waals surface area contributed by atoms with Crippen LogP contribution in [0.2, 0.25) is 0 Å². The summed E-state index contributed by atoms with van der Waals surface area (Å²) in [6.45, 7) is 9.32.